The number of rotatable bonds is 3. The maximum Gasteiger partial charge on any atom is 0.316 e. The maximum atomic E-state index is 10.7. The lowest BCUT2D eigenvalue weighted by atomic mass is 9.95. The first-order valence-electron chi connectivity index (χ1n) is 6.17. The van der Waals surface area contributed by atoms with E-state index in [0.717, 1.165) is 11.4 Å². The standard InChI is InChI=1S/C13H19N3O/c14-13(17)16-12-8-6-11(7-9-12)15-10-4-2-1-3-5-10/h6-10,15H,1-5H2,(H3,14,16,17). The van der Waals surface area contributed by atoms with Gasteiger partial charge in [0, 0.05) is 17.4 Å². The first kappa shape index (κ1) is 11.8. The fourth-order valence-electron chi connectivity index (χ4n) is 2.27. The topological polar surface area (TPSA) is 67.2 Å². The van der Waals surface area contributed by atoms with Crippen LogP contribution in [0.5, 0.6) is 0 Å². The van der Waals surface area contributed by atoms with E-state index in [2.05, 4.69) is 10.6 Å². The van der Waals surface area contributed by atoms with Crippen molar-refractivity contribution < 1.29 is 4.79 Å². The van der Waals surface area contributed by atoms with Crippen molar-refractivity contribution in [1.82, 2.24) is 0 Å². The first-order valence-corrected chi connectivity index (χ1v) is 6.17. The van der Waals surface area contributed by atoms with Gasteiger partial charge in [0.1, 0.15) is 0 Å². The van der Waals surface area contributed by atoms with E-state index in [1.165, 1.54) is 32.1 Å². The van der Waals surface area contributed by atoms with Gasteiger partial charge in [0.15, 0.2) is 0 Å². The normalized spacial score (nSPS) is 16.5. The van der Waals surface area contributed by atoms with Crippen LogP contribution in [-0.4, -0.2) is 12.1 Å². The molecule has 0 bridgehead atoms. The predicted molar refractivity (Wildman–Crippen MR) is 70.1 cm³/mol. The molecule has 1 aliphatic carbocycles. The maximum absolute atomic E-state index is 10.7. The van der Waals surface area contributed by atoms with Gasteiger partial charge in [0.05, 0.1) is 0 Å². The molecular weight excluding hydrogens is 214 g/mol. The number of carbonyl (C=O) groups is 1. The average molecular weight is 233 g/mol. The number of primary amides is 1. The van der Waals surface area contributed by atoms with Crippen molar-refractivity contribution in [3.8, 4) is 0 Å². The fraction of sp³-hybridized carbons (Fsp3) is 0.462. The molecule has 4 N–H and O–H groups in total. The van der Waals surface area contributed by atoms with Crippen LogP contribution in [0, 0.1) is 0 Å². The minimum atomic E-state index is -0.530. The van der Waals surface area contributed by atoms with Crippen LogP contribution in [0.15, 0.2) is 24.3 Å². The molecule has 92 valence electrons. The molecule has 0 radical (unpaired) electrons. The van der Waals surface area contributed by atoms with E-state index in [1.807, 2.05) is 24.3 Å². The van der Waals surface area contributed by atoms with Gasteiger partial charge in [0.25, 0.3) is 0 Å². The van der Waals surface area contributed by atoms with Gasteiger partial charge in [-0.15, -0.1) is 0 Å². The van der Waals surface area contributed by atoms with Crippen molar-refractivity contribution in [3.05, 3.63) is 24.3 Å². The third-order valence-electron chi connectivity index (χ3n) is 3.13. The number of anilines is 2. The van der Waals surface area contributed by atoms with Crippen LogP contribution in [0.3, 0.4) is 0 Å². The van der Waals surface area contributed by atoms with Crippen LogP contribution in [0.2, 0.25) is 0 Å². The summed E-state index contributed by atoms with van der Waals surface area (Å²) in [5.41, 5.74) is 6.88. The lowest BCUT2D eigenvalue weighted by Crippen LogP contribution is -2.22. The number of benzene rings is 1. The van der Waals surface area contributed by atoms with Crippen molar-refractivity contribution in [2.75, 3.05) is 10.6 Å². The van der Waals surface area contributed by atoms with Crippen LogP contribution < -0.4 is 16.4 Å². The SMILES string of the molecule is NC(=O)Nc1ccc(NC2CCCCC2)cc1. The number of nitrogens with one attached hydrogen (secondary N) is 2. The molecule has 2 amide bonds. The van der Waals surface area contributed by atoms with Gasteiger partial charge in [-0.05, 0) is 37.1 Å². The highest BCUT2D eigenvalue weighted by Crippen LogP contribution is 2.22. The number of hydrogen-bond donors (Lipinski definition) is 3. The second kappa shape index (κ2) is 5.57. The van der Waals surface area contributed by atoms with Crippen LogP contribution >= 0.6 is 0 Å². The zero-order chi connectivity index (χ0) is 12.1. The number of urea groups is 1. The van der Waals surface area contributed by atoms with Crippen molar-refractivity contribution >= 4 is 17.4 Å². The Balaban J connectivity index is 1.90. The van der Waals surface area contributed by atoms with Gasteiger partial charge in [-0.3, -0.25) is 0 Å². The minimum absolute atomic E-state index is 0.530. The van der Waals surface area contributed by atoms with Gasteiger partial charge >= 0.3 is 6.03 Å². The quantitative estimate of drug-likeness (QED) is 0.751. The molecule has 0 spiro atoms. The molecule has 17 heavy (non-hydrogen) atoms. The summed E-state index contributed by atoms with van der Waals surface area (Å²) < 4.78 is 0. The zero-order valence-corrected chi connectivity index (χ0v) is 9.91. The molecule has 1 aromatic rings. The molecule has 0 atom stereocenters. The Morgan fingerprint density at radius 1 is 1.06 bits per heavy atom. The fourth-order valence-corrected chi connectivity index (χ4v) is 2.27. The molecule has 0 unspecified atom stereocenters. The molecule has 0 aromatic heterocycles. The summed E-state index contributed by atoms with van der Waals surface area (Å²) in [6.45, 7) is 0. The molecule has 0 saturated heterocycles. The van der Waals surface area contributed by atoms with Gasteiger partial charge in [0.2, 0.25) is 0 Å². The highest BCUT2D eigenvalue weighted by Gasteiger charge is 2.12. The smallest absolute Gasteiger partial charge is 0.316 e. The molecule has 0 aliphatic heterocycles. The third kappa shape index (κ3) is 3.66. The summed E-state index contributed by atoms with van der Waals surface area (Å²) in [6.07, 6.45) is 6.50. The highest BCUT2D eigenvalue weighted by molar-refractivity contribution is 5.87. The zero-order valence-electron chi connectivity index (χ0n) is 9.91. The summed E-state index contributed by atoms with van der Waals surface area (Å²) in [5, 5.41) is 6.06. The first-order chi connectivity index (χ1) is 8.24. The largest absolute Gasteiger partial charge is 0.382 e. The third-order valence-corrected chi connectivity index (χ3v) is 3.13. The second-order valence-corrected chi connectivity index (χ2v) is 4.55. The molecule has 1 aromatic carbocycles. The Morgan fingerprint density at radius 3 is 2.24 bits per heavy atom. The second-order valence-electron chi connectivity index (χ2n) is 4.55. The number of hydrogen-bond acceptors (Lipinski definition) is 2. The molecular formula is C13H19N3O. The van der Waals surface area contributed by atoms with E-state index in [-0.39, 0.29) is 0 Å². The molecule has 4 heteroatoms. The lowest BCUT2D eigenvalue weighted by Gasteiger charge is -2.23. The monoisotopic (exact) mass is 233 g/mol. The van der Waals surface area contributed by atoms with E-state index in [4.69, 9.17) is 5.73 Å². The van der Waals surface area contributed by atoms with Crippen molar-refractivity contribution in [2.45, 2.75) is 38.1 Å². The number of carbonyl (C=O) groups excluding carboxylic acids is 1. The Hall–Kier alpha value is -1.71. The summed E-state index contributed by atoms with van der Waals surface area (Å²) in [6, 6.07) is 7.72. The molecule has 2 rings (SSSR count). The van der Waals surface area contributed by atoms with Crippen molar-refractivity contribution in [2.24, 2.45) is 5.73 Å². The van der Waals surface area contributed by atoms with Crippen LogP contribution in [0.1, 0.15) is 32.1 Å². The molecule has 1 fully saturated rings. The molecule has 4 nitrogen and oxygen atoms in total. The summed E-state index contributed by atoms with van der Waals surface area (Å²) in [5.74, 6) is 0. The van der Waals surface area contributed by atoms with E-state index < -0.39 is 6.03 Å². The Bertz CT molecular complexity index is 369. The average Bonchev–Trinajstić information content (AvgIpc) is 2.32. The Morgan fingerprint density at radius 2 is 1.65 bits per heavy atom. The summed E-state index contributed by atoms with van der Waals surface area (Å²) in [4.78, 5) is 10.7. The van der Waals surface area contributed by atoms with Crippen LogP contribution in [0.25, 0.3) is 0 Å². The Kier molecular flexibility index (Phi) is 3.85. The van der Waals surface area contributed by atoms with E-state index in [1.54, 1.807) is 0 Å². The van der Waals surface area contributed by atoms with E-state index >= 15 is 0 Å². The van der Waals surface area contributed by atoms with Crippen LogP contribution in [0.4, 0.5) is 16.2 Å². The van der Waals surface area contributed by atoms with Crippen molar-refractivity contribution in [3.63, 3.8) is 0 Å². The van der Waals surface area contributed by atoms with Gasteiger partial charge in [-0.25, -0.2) is 4.79 Å². The molecule has 1 saturated carbocycles. The van der Waals surface area contributed by atoms with Crippen LogP contribution in [-0.2, 0) is 0 Å². The highest BCUT2D eigenvalue weighted by atomic mass is 16.2. The summed E-state index contributed by atoms with van der Waals surface area (Å²) >= 11 is 0. The van der Waals surface area contributed by atoms with Gasteiger partial charge < -0.3 is 16.4 Å². The molecule has 1 aliphatic rings. The lowest BCUT2D eigenvalue weighted by molar-refractivity contribution is 0.259. The van der Waals surface area contributed by atoms with Gasteiger partial charge in [-0.2, -0.15) is 0 Å². The Labute approximate surface area is 102 Å². The van der Waals surface area contributed by atoms with Gasteiger partial charge in [-0.1, -0.05) is 19.3 Å². The molecule has 0 heterocycles. The van der Waals surface area contributed by atoms with E-state index in [9.17, 15) is 4.79 Å². The number of amides is 2. The summed E-state index contributed by atoms with van der Waals surface area (Å²) in [7, 11) is 0. The predicted octanol–water partition coefficient (Wildman–Crippen LogP) is 2.92. The van der Waals surface area contributed by atoms with E-state index in [0.29, 0.717) is 6.04 Å². The minimum Gasteiger partial charge on any atom is -0.382 e. The number of nitrogens with two attached hydrogens (primary N) is 1. The van der Waals surface area contributed by atoms with Crippen molar-refractivity contribution in [1.29, 1.82) is 0 Å².